The zero-order valence-electron chi connectivity index (χ0n) is 9.19. The van der Waals surface area contributed by atoms with Crippen LogP contribution in [0.3, 0.4) is 0 Å². The van der Waals surface area contributed by atoms with E-state index in [0.717, 1.165) is 11.1 Å². The first-order valence-corrected chi connectivity index (χ1v) is 5.30. The molecule has 16 heavy (non-hydrogen) atoms. The van der Waals surface area contributed by atoms with E-state index in [9.17, 15) is 0 Å². The summed E-state index contributed by atoms with van der Waals surface area (Å²) >= 11 is 0. The fourth-order valence-corrected chi connectivity index (χ4v) is 1.87. The van der Waals surface area contributed by atoms with Crippen LogP contribution in [0.5, 0.6) is 0 Å². The Hall–Kier alpha value is -2.08. The lowest BCUT2D eigenvalue weighted by Gasteiger charge is -2.10. The number of benzene rings is 2. The highest BCUT2D eigenvalue weighted by Crippen LogP contribution is 2.29. The molecule has 0 saturated heterocycles. The lowest BCUT2D eigenvalue weighted by atomic mass is 9.94. The van der Waals surface area contributed by atoms with Crippen molar-refractivity contribution < 1.29 is 0 Å². The van der Waals surface area contributed by atoms with E-state index in [2.05, 4.69) is 37.4 Å². The summed E-state index contributed by atoms with van der Waals surface area (Å²) in [4.78, 5) is 0. The molecular formula is C16H14. The standard InChI is InChI=1S/C16H14/c1-3-13-11-8-12-14(4-2)16(13)15-9-6-5-7-10-15/h3-12H,1-2H2. The second-order valence-corrected chi connectivity index (χ2v) is 3.59. The molecule has 2 aromatic carbocycles. The van der Waals surface area contributed by atoms with E-state index in [0.29, 0.717) is 0 Å². The Kier molecular flexibility index (Phi) is 3.02. The van der Waals surface area contributed by atoms with Gasteiger partial charge in [-0.25, -0.2) is 0 Å². The maximum atomic E-state index is 3.86. The Morgan fingerprint density at radius 3 is 1.75 bits per heavy atom. The fourth-order valence-electron chi connectivity index (χ4n) is 1.87. The maximum Gasteiger partial charge on any atom is -0.00393 e. The third kappa shape index (κ3) is 1.82. The van der Waals surface area contributed by atoms with Gasteiger partial charge in [0.2, 0.25) is 0 Å². The van der Waals surface area contributed by atoms with Crippen molar-refractivity contribution in [2.75, 3.05) is 0 Å². The van der Waals surface area contributed by atoms with Crippen LogP contribution < -0.4 is 0 Å². The van der Waals surface area contributed by atoms with Gasteiger partial charge in [0.05, 0.1) is 0 Å². The predicted octanol–water partition coefficient (Wildman–Crippen LogP) is 4.64. The van der Waals surface area contributed by atoms with Crippen LogP contribution in [0, 0.1) is 0 Å². The normalized spacial score (nSPS) is 9.75. The molecule has 0 unspecified atom stereocenters. The second-order valence-electron chi connectivity index (χ2n) is 3.59. The van der Waals surface area contributed by atoms with E-state index >= 15 is 0 Å². The van der Waals surface area contributed by atoms with Crippen molar-refractivity contribution in [3.8, 4) is 11.1 Å². The highest BCUT2D eigenvalue weighted by Gasteiger charge is 2.05. The van der Waals surface area contributed by atoms with E-state index in [1.54, 1.807) is 0 Å². The summed E-state index contributed by atoms with van der Waals surface area (Å²) in [5.74, 6) is 0. The van der Waals surface area contributed by atoms with Gasteiger partial charge in [-0.3, -0.25) is 0 Å². The zero-order chi connectivity index (χ0) is 11.4. The Bertz CT molecular complexity index is 481. The monoisotopic (exact) mass is 206 g/mol. The molecular weight excluding hydrogens is 192 g/mol. The minimum atomic E-state index is 1.14. The Balaban J connectivity index is 2.71. The Labute approximate surface area is 96.6 Å². The molecule has 0 saturated carbocycles. The molecule has 0 spiro atoms. The van der Waals surface area contributed by atoms with Gasteiger partial charge in [-0.15, -0.1) is 0 Å². The lowest BCUT2D eigenvalue weighted by Crippen LogP contribution is -1.87. The molecule has 0 bridgehead atoms. The van der Waals surface area contributed by atoms with Gasteiger partial charge < -0.3 is 0 Å². The molecule has 0 atom stereocenters. The van der Waals surface area contributed by atoms with Gasteiger partial charge >= 0.3 is 0 Å². The molecule has 0 aliphatic heterocycles. The topological polar surface area (TPSA) is 0 Å². The molecule has 0 N–H and O–H groups in total. The van der Waals surface area contributed by atoms with Crippen LogP contribution >= 0.6 is 0 Å². The highest BCUT2D eigenvalue weighted by molar-refractivity contribution is 5.82. The van der Waals surface area contributed by atoms with Crippen molar-refractivity contribution in [1.82, 2.24) is 0 Å². The third-order valence-corrected chi connectivity index (χ3v) is 2.63. The summed E-state index contributed by atoms with van der Waals surface area (Å²) in [5, 5.41) is 0. The van der Waals surface area contributed by atoms with Crippen LogP contribution in [0.15, 0.2) is 61.7 Å². The van der Waals surface area contributed by atoms with Crippen molar-refractivity contribution in [3.63, 3.8) is 0 Å². The van der Waals surface area contributed by atoms with Crippen molar-refractivity contribution in [1.29, 1.82) is 0 Å². The first kappa shape index (κ1) is 10.4. The molecule has 0 fully saturated rings. The Morgan fingerprint density at radius 2 is 1.25 bits per heavy atom. The fraction of sp³-hybridized carbons (Fsp3) is 0. The van der Waals surface area contributed by atoms with E-state index in [-0.39, 0.29) is 0 Å². The number of rotatable bonds is 3. The smallest absolute Gasteiger partial charge is 0.00393 e. The van der Waals surface area contributed by atoms with Crippen LogP contribution in [-0.4, -0.2) is 0 Å². The SMILES string of the molecule is C=Cc1cccc(C=C)c1-c1ccccc1. The average Bonchev–Trinajstić information content (AvgIpc) is 2.38. The van der Waals surface area contributed by atoms with Gasteiger partial charge in [-0.05, 0) is 22.3 Å². The molecule has 2 rings (SSSR count). The largest absolute Gasteiger partial charge is 0.0984 e. The highest BCUT2D eigenvalue weighted by atomic mass is 14.1. The third-order valence-electron chi connectivity index (χ3n) is 2.63. The Morgan fingerprint density at radius 1 is 0.688 bits per heavy atom. The van der Waals surface area contributed by atoms with E-state index < -0.39 is 0 Å². The van der Waals surface area contributed by atoms with Gasteiger partial charge in [0.25, 0.3) is 0 Å². The van der Waals surface area contributed by atoms with Crippen LogP contribution in [0.2, 0.25) is 0 Å². The summed E-state index contributed by atoms with van der Waals surface area (Å²) in [6.07, 6.45) is 3.77. The van der Waals surface area contributed by atoms with E-state index in [4.69, 9.17) is 0 Å². The van der Waals surface area contributed by atoms with Crippen LogP contribution in [0.25, 0.3) is 23.3 Å². The second kappa shape index (κ2) is 4.63. The predicted molar refractivity (Wildman–Crippen MR) is 72.1 cm³/mol. The molecule has 78 valence electrons. The minimum absolute atomic E-state index is 1.14. The maximum absolute atomic E-state index is 3.86. The van der Waals surface area contributed by atoms with Gasteiger partial charge in [0.1, 0.15) is 0 Å². The van der Waals surface area contributed by atoms with Crippen molar-refractivity contribution in [2.24, 2.45) is 0 Å². The van der Waals surface area contributed by atoms with Gasteiger partial charge in [-0.1, -0.05) is 73.8 Å². The summed E-state index contributed by atoms with van der Waals surface area (Å²) < 4.78 is 0. The summed E-state index contributed by atoms with van der Waals surface area (Å²) in [5.41, 5.74) is 4.69. The van der Waals surface area contributed by atoms with Crippen molar-refractivity contribution in [2.45, 2.75) is 0 Å². The molecule has 0 aromatic heterocycles. The molecule has 0 amide bonds. The van der Waals surface area contributed by atoms with E-state index in [1.165, 1.54) is 11.1 Å². The number of hydrogen-bond acceptors (Lipinski definition) is 0. The molecule has 0 heterocycles. The molecule has 0 heteroatoms. The quantitative estimate of drug-likeness (QED) is 0.686. The molecule has 0 radical (unpaired) electrons. The van der Waals surface area contributed by atoms with Crippen LogP contribution in [0.4, 0.5) is 0 Å². The van der Waals surface area contributed by atoms with Gasteiger partial charge in [0, 0.05) is 0 Å². The first-order chi connectivity index (χ1) is 7.86. The molecule has 0 aliphatic rings. The minimum Gasteiger partial charge on any atom is -0.0984 e. The zero-order valence-corrected chi connectivity index (χ0v) is 9.19. The van der Waals surface area contributed by atoms with Crippen molar-refractivity contribution in [3.05, 3.63) is 72.8 Å². The number of hydrogen-bond donors (Lipinski definition) is 0. The lowest BCUT2D eigenvalue weighted by molar-refractivity contribution is 1.57. The van der Waals surface area contributed by atoms with Crippen LogP contribution in [-0.2, 0) is 0 Å². The molecule has 0 aliphatic carbocycles. The first-order valence-electron chi connectivity index (χ1n) is 5.30. The van der Waals surface area contributed by atoms with Crippen molar-refractivity contribution >= 4 is 12.2 Å². The summed E-state index contributed by atoms with van der Waals surface area (Å²) in [6.45, 7) is 7.72. The van der Waals surface area contributed by atoms with Gasteiger partial charge in [0.15, 0.2) is 0 Å². The molecule has 0 nitrogen and oxygen atoms in total. The summed E-state index contributed by atoms with van der Waals surface area (Å²) in [7, 11) is 0. The average molecular weight is 206 g/mol. The van der Waals surface area contributed by atoms with Crippen LogP contribution in [0.1, 0.15) is 11.1 Å². The van der Waals surface area contributed by atoms with E-state index in [1.807, 2.05) is 36.4 Å². The summed E-state index contributed by atoms with van der Waals surface area (Å²) in [6, 6.07) is 16.5. The molecule has 2 aromatic rings. The van der Waals surface area contributed by atoms with Gasteiger partial charge in [-0.2, -0.15) is 0 Å².